The molecule has 4 nitrogen and oxygen atoms in total. The Balaban J connectivity index is 1.50. The van der Waals surface area contributed by atoms with Crippen LogP contribution in [0.1, 0.15) is 28.9 Å². The molecule has 25 heavy (non-hydrogen) atoms. The molecule has 0 atom stereocenters. The number of amides is 1. The molecule has 8 heteroatoms. The van der Waals surface area contributed by atoms with Crippen LogP contribution in [0.2, 0.25) is 10.0 Å². The van der Waals surface area contributed by atoms with Gasteiger partial charge in [-0.15, -0.1) is 11.3 Å². The predicted molar refractivity (Wildman–Crippen MR) is 99.3 cm³/mol. The highest BCUT2D eigenvalue weighted by Crippen LogP contribution is 2.27. The fourth-order valence-electron chi connectivity index (χ4n) is 2.86. The number of halogens is 3. The molecule has 0 aliphatic carbocycles. The van der Waals surface area contributed by atoms with Crippen LogP contribution in [0.15, 0.2) is 29.1 Å². The molecular formula is C17H18Cl2FN3OS. The number of nitrogens with one attached hydrogen (secondary N) is 1. The second kappa shape index (κ2) is 7.99. The zero-order valence-electron chi connectivity index (χ0n) is 13.5. The number of thiazole rings is 1. The molecule has 1 amide bonds. The molecule has 0 bridgehead atoms. The monoisotopic (exact) mass is 401 g/mol. The summed E-state index contributed by atoms with van der Waals surface area (Å²) >= 11 is 13.4. The lowest BCUT2D eigenvalue weighted by Gasteiger charge is -2.36. The zero-order chi connectivity index (χ0) is 17.9. The third-order valence-corrected chi connectivity index (χ3v) is 5.38. The van der Waals surface area contributed by atoms with Gasteiger partial charge in [-0.05, 0) is 31.0 Å². The summed E-state index contributed by atoms with van der Waals surface area (Å²) in [5.74, 6) is -0.369. The lowest BCUT2D eigenvalue weighted by molar-refractivity contribution is 0.0514. The van der Waals surface area contributed by atoms with Crippen LogP contribution >= 0.6 is 34.5 Å². The highest BCUT2D eigenvalue weighted by molar-refractivity contribution is 7.07. The van der Waals surface area contributed by atoms with Crippen LogP contribution < -0.4 is 5.32 Å². The molecule has 1 aliphatic heterocycles. The Labute approximate surface area is 160 Å². The molecule has 1 saturated heterocycles. The Morgan fingerprint density at radius 1 is 1.28 bits per heavy atom. The second-order valence-corrected chi connectivity index (χ2v) is 7.84. The van der Waals surface area contributed by atoms with Crippen molar-refractivity contribution in [1.29, 1.82) is 0 Å². The van der Waals surface area contributed by atoms with E-state index in [1.165, 1.54) is 12.1 Å². The van der Waals surface area contributed by atoms with E-state index in [4.69, 9.17) is 23.2 Å². The van der Waals surface area contributed by atoms with Crippen LogP contribution in [0.5, 0.6) is 0 Å². The van der Waals surface area contributed by atoms with Crippen molar-refractivity contribution >= 4 is 40.4 Å². The molecule has 1 aromatic carbocycles. The lowest BCUT2D eigenvalue weighted by atomic mass is 9.93. The van der Waals surface area contributed by atoms with E-state index in [1.807, 2.05) is 5.38 Å². The molecule has 1 fully saturated rings. The van der Waals surface area contributed by atoms with Crippen LogP contribution in [0.4, 0.5) is 4.39 Å². The van der Waals surface area contributed by atoms with Crippen LogP contribution in [0, 0.1) is 0 Å². The average molecular weight is 402 g/mol. The van der Waals surface area contributed by atoms with Crippen LogP contribution in [-0.2, 0) is 6.54 Å². The van der Waals surface area contributed by atoms with E-state index in [-0.39, 0.29) is 12.5 Å². The van der Waals surface area contributed by atoms with Gasteiger partial charge in [0.05, 0.1) is 17.7 Å². The molecule has 0 saturated carbocycles. The van der Waals surface area contributed by atoms with Crippen molar-refractivity contribution in [1.82, 2.24) is 15.2 Å². The second-order valence-electron chi connectivity index (χ2n) is 6.25. The number of piperidine rings is 1. The Morgan fingerprint density at radius 3 is 2.56 bits per heavy atom. The lowest BCUT2D eigenvalue weighted by Crippen LogP contribution is -2.48. The largest absolute Gasteiger partial charge is 0.349 e. The van der Waals surface area contributed by atoms with Gasteiger partial charge in [0.25, 0.3) is 5.91 Å². The van der Waals surface area contributed by atoms with Crippen LogP contribution in [0.3, 0.4) is 0 Å². The number of nitrogens with zero attached hydrogens (tertiary/aromatic N) is 2. The summed E-state index contributed by atoms with van der Waals surface area (Å²) in [7, 11) is 0. The van der Waals surface area contributed by atoms with Crippen LogP contribution in [-0.4, -0.2) is 41.1 Å². The molecule has 2 heterocycles. The highest BCUT2D eigenvalue weighted by Gasteiger charge is 2.35. The molecule has 0 radical (unpaired) electrons. The maximum Gasteiger partial charge on any atom is 0.251 e. The van der Waals surface area contributed by atoms with Gasteiger partial charge in [0.15, 0.2) is 0 Å². The quantitative estimate of drug-likeness (QED) is 0.816. The van der Waals surface area contributed by atoms with Crippen molar-refractivity contribution in [2.75, 3.05) is 19.6 Å². The summed E-state index contributed by atoms with van der Waals surface area (Å²) in [6, 6.07) is 4.59. The number of carbonyl (C=O) groups is 1. The predicted octanol–water partition coefficient (Wildman–Crippen LogP) is 4.18. The van der Waals surface area contributed by atoms with E-state index in [0.717, 1.165) is 12.2 Å². The summed E-state index contributed by atoms with van der Waals surface area (Å²) < 4.78 is 15.0. The molecule has 1 N–H and O–H groups in total. The normalized spacial score (nSPS) is 17.4. The van der Waals surface area contributed by atoms with E-state index in [2.05, 4.69) is 15.2 Å². The number of aromatic nitrogens is 1. The number of alkyl halides is 1. The minimum absolute atomic E-state index is 0.0134. The van der Waals surface area contributed by atoms with E-state index < -0.39 is 5.67 Å². The zero-order valence-corrected chi connectivity index (χ0v) is 15.8. The summed E-state index contributed by atoms with van der Waals surface area (Å²) in [5, 5.41) is 5.43. The number of benzene rings is 1. The summed E-state index contributed by atoms with van der Waals surface area (Å²) in [6.07, 6.45) is 0.765. The van der Waals surface area contributed by atoms with Gasteiger partial charge >= 0.3 is 0 Å². The molecule has 3 rings (SSSR count). The van der Waals surface area contributed by atoms with Crippen molar-refractivity contribution in [3.05, 3.63) is 50.4 Å². The van der Waals surface area contributed by atoms with Crippen molar-refractivity contribution in [2.45, 2.75) is 25.1 Å². The average Bonchev–Trinajstić information content (AvgIpc) is 3.07. The SMILES string of the molecule is O=C(NCC1(F)CCN(Cc2cscn2)CC1)c1cc(Cl)cc(Cl)c1. The molecule has 0 spiro atoms. The van der Waals surface area contributed by atoms with Gasteiger partial charge in [-0.25, -0.2) is 9.37 Å². The van der Waals surface area contributed by atoms with Gasteiger partial charge in [0.1, 0.15) is 5.67 Å². The first-order chi connectivity index (χ1) is 11.9. The van der Waals surface area contributed by atoms with E-state index in [0.29, 0.717) is 41.5 Å². The summed E-state index contributed by atoms with van der Waals surface area (Å²) in [5.41, 5.74) is 1.76. The van der Waals surface area contributed by atoms with Crippen LogP contribution in [0.25, 0.3) is 0 Å². The fourth-order valence-corrected chi connectivity index (χ4v) is 3.93. The fraction of sp³-hybridized carbons (Fsp3) is 0.412. The topological polar surface area (TPSA) is 45.2 Å². The molecule has 1 aliphatic rings. The standard InChI is InChI=1S/C17H18Cl2FN3OS/c18-13-5-12(6-14(19)7-13)16(24)21-10-17(20)1-3-23(4-2-17)8-15-9-25-11-22-15/h5-7,9,11H,1-4,8,10H2,(H,21,24). The Hall–Kier alpha value is -1.21. The Morgan fingerprint density at radius 2 is 1.96 bits per heavy atom. The Kier molecular flexibility index (Phi) is 5.94. The number of hydrogen-bond donors (Lipinski definition) is 1. The maximum absolute atomic E-state index is 15.0. The first-order valence-corrected chi connectivity index (χ1v) is 9.66. The number of hydrogen-bond acceptors (Lipinski definition) is 4. The number of likely N-dealkylation sites (tertiary alicyclic amines) is 1. The van der Waals surface area contributed by atoms with Gasteiger partial charge < -0.3 is 5.32 Å². The highest BCUT2D eigenvalue weighted by atomic mass is 35.5. The smallest absolute Gasteiger partial charge is 0.251 e. The maximum atomic E-state index is 15.0. The van der Waals surface area contributed by atoms with E-state index in [9.17, 15) is 9.18 Å². The third-order valence-electron chi connectivity index (χ3n) is 4.31. The van der Waals surface area contributed by atoms with Crippen molar-refractivity contribution in [2.24, 2.45) is 0 Å². The first kappa shape index (κ1) is 18.6. The van der Waals surface area contributed by atoms with E-state index >= 15 is 0 Å². The molecule has 2 aromatic rings. The summed E-state index contributed by atoms with van der Waals surface area (Å²) in [4.78, 5) is 18.6. The van der Waals surface area contributed by atoms with Crippen molar-refractivity contribution in [3.8, 4) is 0 Å². The first-order valence-electron chi connectivity index (χ1n) is 7.96. The Bertz CT molecular complexity index is 713. The number of carbonyl (C=O) groups excluding carboxylic acids is 1. The van der Waals surface area contributed by atoms with E-state index in [1.54, 1.807) is 22.9 Å². The molecule has 1 aromatic heterocycles. The minimum atomic E-state index is -1.39. The minimum Gasteiger partial charge on any atom is -0.349 e. The number of rotatable bonds is 5. The third kappa shape index (κ3) is 5.14. The van der Waals surface area contributed by atoms with Crippen molar-refractivity contribution < 1.29 is 9.18 Å². The van der Waals surface area contributed by atoms with Gasteiger partial charge in [0, 0.05) is 40.6 Å². The van der Waals surface area contributed by atoms with Crippen molar-refractivity contribution in [3.63, 3.8) is 0 Å². The van der Waals surface area contributed by atoms with Gasteiger partial charge in [-0.1, -0.05) is 23.2 Å². The van der Waals surface area contributed by atoms with Gasteiger partial charge in [0.2, 0.25) is 0 Å². The van der Waals surface area contributed by atoms with Gasteiger partial charge in [-0.3, -0.25) is 9.69 Å². The molecular weight excluding hydrogens is 384 g/mol. The molecule has 0 unspecified atom stereocenters. The summed E-state index contributed by atoms with van der Waals surface area (Å²) in [6.45, 7) is 2.02. The molecule has 134 valence electrons. The van der Waals surface area contributed by atoms with Gasteiger partial charge in [-0.2, -0.15) is 0 Å².